The third kappa shape index (κ3) is 4.42. The molecule has 0 spiro atoms. The summed E-state index contributed by atoms with van der Waals surface area (Å²) in [6, 6.07) is 2.45. The van der Waals surface area contributed by atoms with Crippen molar-refractivity contribution < 1.29 is 23.5 Å². The smallest absolute Gasteiger partial charge is 0.309 e. The van der Waals surface area contributed by atoms with Crippen LogP contribution < -0.4 is 5.32 Å². The van der Waals surface area contributed by atoms with Gasteiger partial charge in [0.15, 0.2) is 11.5 Å². The van der Waals surface area contributed by atoms with E-state index in [2.05, 4.69) is 20.5 Å². The average Bonchev–Trinajstić information content (AvgIpc) is 3.35. The van der Waals surface area contributed by atoms with Gasteiger partial charge in [0.2, 0.25) is 0 Å². The van der Waals surface area contributed by atoms with E-state index in [1.807, 2.05) is 0 Å². The third-order valence-electron chi connectivity index (χ3n) is 5.43. The first kappa shape index (κ1) is 19.4. The fourth-order valence-electron chi connectivity index (χ4n) is 3.67. The van der Waals surface area contributed by atoms with Crippen LogP contribution in [-0.4, -0.2) is 62.6 Å². The number of carboxylic acids is 1. The van der Waals surface area contributed by atoms with Crippen molar-refractivity contribution in [1.82, 2.24) is 25.2 Å². The Morgan fingerprint density at radius 1 is 1.24 bits per heavy atom. The van der Waals surface area contributed by atoms with Gasteiger partial charge in [-0.3, -0.25) is 9.59 Å². The Bertz CT molecular complexity index is 930. The number of rotatable bonds is 6. The van der Waals surface area contributed by atoms with E-state index in [4.69, 9.17) is 0 Å². The number of hydrogen-bond acceptors (Lipinski definition) is 5. The van der Waals surface area contributed by atoms with Crippen molar-refractivity contribution in [3.63, 3.8) is 0 Å². The maximum Gasteiger partial charge on any atom is 0.309 e. The monoisotopic (exact) mass is 405 g/mol. The largest absolute Gasteiger partial charge is 0.481 e. The standard InChI is InChI=1S/C19H21F2N5O3/c20-12-3-4-17(14(21)7-12)26-10-16(23-24-26)18(27)22-15-5-6-25(8-11-1-2-11)9-13(15)19(28)29/h3-4,7,10-11,13,15H,1-2,5-6,8-9H2,(H,22,27)(H,28,29)/t13-,15-/m0/s1. The van der Waals surface area contributed by atoms with Crippen LogP contribution in [0.3, 0.4) is 0 Å². The quantitative estimate of drug-likeness (QED) is 0.755. The molecule has 8 nitrogen and oxygen atoms in total. The van der Waals surface area contributed by atoms with Crippen LogP contribution >= 0.6 is 0 Å². The lowest BCUT2D eigenvalue weighted by Gasteiger charge is -2.36. The highest BCUT2D eigenvalue weighted by atomic mass is 19.1. The first-order chi connectivity index (χ1) is 13.9. The van der Waals surface area contributed by atoms with Gasteiger partial charge in [0.1, 0.15) is 11.5 Å². The van der Waals surface area contributed by atoms with E-state index in [1.165, 1.54) is 25.1 Å². The second-order valence-electron chi connectivity index (χ2n) is 7.66. The minimum Gasteiger partial charge on any atom is -0.481 e. The number of aromatic nitrogens is 3. The molecule has 1 aliphatic heterocycles. The number of hydrogen-bond donors (Lipinski definition) is 2. The van der Waals surface area contributed by atoms with Crippen LogP contribution in [0.4, 0.5) is 8.78 Å². The van der Waals surface area contributed by atoms with Crippen molar-refractivity contribution in [3.8, 4) is 5.69 Å². The lowest BCUT2D eigenvalue weighted by atomic mass is 9.91. The number of halogens is 2. The molecule has 4 rings (SSSR count). The molecule has 1 aliphatic carbocycles. The van der Waals surface area contributed by atoms with Crippen LogP contribution in [0.1, 0.15) is 29.8 Å². The van der Waals surface area contributed by atoms with E-state index < -0.39 is 35.5 Å². The number of nitrogens with zero attached hydrogens (tertiary/aromatic N) is 4. The number of benzene rings is 1. The van der Waals surface area contributed by atoms with Crippen molar-refractivity contribution in [2.45, 2.75) is 25.3 Å². The van der Waals surface area contributed by atoms with Crippen molar-refractivity contribution in [1.29, 1.82) is 0 Å². The molecule has 0 bridgehead atoms. The summed E-state index contributed by atoms with van der Waals surface area (Å²) in [7, 11) is 0. The highest BCUT2D eigenvalue weighted by Crippen LogP contribution is 2.31. The number of carbonyl (C=O) groups is 2. The van der Waals surface area contributed by atoms with E-state index in [9.17, 15) is 23.5 Å². The van der Waals surface area contributed by atoms with E-state index >= 15 is 0 Å². The van der Waals surface area contributed by atoms with Crippen molar-refractivity contribution >= 4 is 11.9 Å². The fraction of sp³-hybridized carbons (Fsp3) is 0.474. The molecule has 1 saturated carbocycles. The molecule has 2 atom stereocenters. The first-order valence-electron chi connectivity index (χ1n) is 9.54. The predicted molar refractivity (Wildman–Crippen MR) is 97.4 cm³/mol. The maximum atomic E-state index is 13.9. The van der Waals surface area contributed by atoms with Gasteiger partial charge in [-0.1, -0.05) is 5.21 Å². The van der Waals surface area contributed by atoms with Gasteiger partial charge in [0, 0.05) is 31.7 Å². The van der Waals surface area contributed by atoms with E-state index in [0.29, 0.717) is 24.9 Å². The van der Waals surface area contributed by atoms with Gasteiger partial charge in [-0.15, -0.1) is 5.10 Å². The van der Waals surface area contributed by atoms with Gasteiger partial charge in [-0.25, -0.2) is 13.5 Å². The highest BCUT2D eigenvalue weighted by molar-refractivity contribution is 5.92. The Hall–Kier alpha value is -2.88. The summed E-state index contributed by atoms with van der Waals surface area (Å²) in [4.78, 5) is 26.4. The van der Waals surface area contributed by atoms with Gasteiger partial charge in [-0.2, -0.15) is 0 Å². The molecule has 1 aromatic carbocycles. The van der Waals surface area contributed by atoms with Gasteiger partial charge in [0.05, 0.1) is 12.1 Å². The second-order valence-corrected chi connectivity index (χ2v) is 7.66. The highest BCUT2D eigenvalue weighted by Gasteiger charge is 2.37. The van der Waals surface area contributed by atoms with Crippen molar-refractivity contribution in [3.05, 3.63) is 41.7 Å². The van der Waals surface area contributed by atoms with Gasteiger partial charge < -0.3 is 15.3 Å². The van der Waals surface area contributed by atoms with Gasteiger partial charge in [0.25, 0.3) is 5.91 Å². The summed E-state index contributed by atoms with van der Waals surface area (Å²) in [5, 5.41) is 19.8. The van der Waals surface area contributed by atoms with Crippen LogP contribution in [0.25, 0.3) is 5.69 Å². The first-order valence-corrected chi connectivity index (χ1v) is 9.54. The summed E-state index contributed by atoms with van der Waals surface area (Å²) < 4.78 is 28.0. The molecule has 1 amide bonds. The summed E-state index contributed by atoms with van der Waals surface area (Å²) >= 11 is 0. The molecule has 0 radical (unpaired) electrons. The van der Waals surface area contributed by atoms with Crippen LogP contribution in [0.5, 0.6) is 0 Å². The zero-order valence-electron chi connectivity index (χ0n) is 15.6. The molecule has 2 aromatic rings. The number of carbonyl (C=O) groups excluding carboxylic acids is 1. The fourth-order valence-corrected chi connectivity index (χ4v) is 3.67. The molecule has 1 saturated heterocycles. The van der Waals surface area contributed by atoms with Gasteiger partial charge >= 0.3 is 5.97 Å². The Balaban J connectivity index is 1.43. The summed E-state index contributed by atoms with van der Waals surface area (Å²) in [5.41, 5.74) is -0.118. The number of piperidine rings is 1. The number of likely N-dealkylation sites (tertiary alicyclic amines) is 1. The van der Waals surface area contributed by atoms with E-state index in [-0.39, 0.29) is 11.4 Å². The Labute approximate surface area is 165 Å². The summed E-state index contributed by atoms with van der Waals surface area (Å²) in [6.07, 6.45) is 4.14. The second kappa shape index (κ2) is 7.86. The SMILES string of the molecule is O=C(N[C@H]1CCN(CC2CC2)C[C@@H]1C(=O)O)c1cn(-c2ccc(F)cc2F)nn1. The van der Waals surface area contributed by atoms with Crippen LogP contribution in [-0.2, 0) is 4.79 Å². The topological polar surface area (TPSA) is 100 Å². The minimum atomic E-state index is -0.951. The third-order valence-corrected chi connectivity index (χ3v) is 5.43. The van der Waals surface area contributed by atoms with E-state index in [1.54, 1.807) is 0 Å². The molecule has 154 valence electrons. The lowest BCUT2D eigenvalue weighted by Crippen LogP contribution is -2.54. The maximum absolute atomic E-state index is 13.9. The van der Waals surface area contributed by atoms with Crippen molar-refractivity contribution in [2.75, 3.05) is 19.6 Å². The number of carboxylic acid groups (broad SMARTS) is 1. The Morgan fingerprint density at radius 2 is 2.03 bits per heavy atom. The Kier molecular flexibility index (Phi) is 5.27. The normalized spacial score (nSPS) is 22.4. The predicted octanol–water partition coefficient (Wildman–Crippen LogP) is 1.46. The van der Waals surface area contributed by atoms with Crippen LogP contribution in [0, 0.1) is 23.5 Å². The zero-order chi connectivity index (χ0) is 20.5. The minimum absolute atomic E-state index is 0.0465. The molecule has 1 aromatic heterocycles. The molecular formula is C19H21F2N5O3. The summed E-state index contributed by atoms with van der Waals surface area (Å²) in [6.45, 7) is 2.02. The molecule has 2 aliphatic rings. The summed E-state index contributed by atoms with van der Waals surface area (Å²) in [5.74, 6) is -3.14. The average molecular weight is 405 g/mol. The van der Waals surface area contributed by atoms with Crippen LogP contribution in [0.15, 0.2) is 24.4 Å². The molecule has 2 N–H and O–H groups in total. The lowest BCUT2D eigenvalue weighted by molar-refractivity contribution is -0.144. The molecule has 2 heterocycles. The molecule has 2 fully saturated rings. The molecular weight excluding hydrogens is 384 g/mol. The number of amides is 1. The molecule has 10 heteroatoms. The molecule has 0 unspecified atom stereocenters. The van der Waals surface area contributed by atoms with Crippen molar-refractivity contribution in [2.24, 2.45) is 11.8 Å². The zero-order valence-corrected chi connectivity index (χ0v) is 15.6. The van der Waals surface area contributed by atoms with Crippen LogP contribution in [0.2, 0.25) is 0 Å². The Morgan fingerprint density at radius 3 is 2.72 bits per heavy atom. The molecule has 29 heavy (non-hydrogen) atoms. The number of aliphatic carboxylic acids is 1. The van der Waals surface area contributed by atoms with Gasteiger partial charge in [-0.05, 0) is 37.3 Å². The van der Waals surface area contributed by atoms with E-state index in [0.717, 1.165) is 23.8 Å². The number of nitrogens with one attached hydrogen (secondary N) is 1.